The van der Waals surface area contributed by atoms with Crippen LogP contribution < -0.4 is 28.2 Å². The number of hydrogen-bond acceptors (Lipinski definition) is 9. The van der Waals surface area contributed by atoms with E-state index in [1.165, 1.54) is 11.3 Å². The molecule has 2 aromatic rings. The molecule has 8 N–H and O–H groups in total. The summed E-state index contributed by atoms with van der Waals surface area (Å²) in [7, 11) is 0. The zero-order valence-corrected chi connectivity index (χ0v) is 23.6. The highest BCUT2D eigenvalue weighted by atomic mass is 32.1. The van der Waals surface area contributed by atoms with Crippen LogP contribution in [0.4, 0.5) is 0 Å². The summed E-state index contributed by atoms with van der Waals surface area (Å²) in [5, 5.41) is 18.9. The van der Waals surface area contributed by atoms with Crippen LogP contribution in [-0.2, 0) is 17.6 Å². The van der Waals surface area contributed by atoms with E-state index in [0.29, 0.717) is 29.0 Å². The summed E-state index contributed by atoms with van der Waals surface area (Å²) in [6, 6.07) is 6.10. The lowest BCUT2D eigenvalue weighted by atomic mass is 9.93. The van der Waals surface area contributed by atoms with Crippen molar-refractivity contribution >= 4 is 40.3 Å². The van der Waals surface area contributed by atoms with Crippen molar-refractivity contribution in [2.24, 2.45) is 34.2 Å². The van der Waals surface area contributed by atoms with Crippen LogP contribution in [0, 0.1) is 30.1 Å². The van der Waals surface area contributed by atoms with Crippen LogP contribution in [-0.4, -0.2) is 47.2 Å². The maximum Gasteiger partial charge on any atom is 0.258 e. The first-order valence-electron chi connectivity index (χ1n) is 12.8. The Labute approximate surface area is 231 Å². The van der Waals surface area contributed by atoms with Crippen molar-refractivity contribution in [3.8, 4) is 6.07 Å². The van der Waals surface area contributed by atoms with Crippen molar-refractivity contribution in [3.63, 3.8) is 0 Å². The fourth-order valence-electron chi connectivity index (χ4n) is 5.69. The molecule has 2 aromatic heterocycles. The molecule has 0 radical (unpaired) electrons. The molecule has 0 spiro atoms. The normalized spacial score (nSPS) is 24.0. The van der Waals surface area contributed by atoms with Gasteiger partial charge in [0, 0.05) is 21.8 Å². The number of amides is 2. The minimum Gasteiger partial charge on any atom is -0.385 e. The molecule has 0 bridgehead atoms. The summed E-state index contributed by atoms with van der Waals surface area (Å²) < 4.78 is 0. The topological polar surface area (TPSA) is 176 Å². The number of hydrogen-bond donors (Lipinski definition) is 5. The van der Waals surface area contributed by atoms with Crippen LogP contribution in [0.15, 0.2) is 22.6 Å². The molecular weight excluding hydrogens is 520 g/mol. The third-order valence-electron chi connectivity index (χ3n) is 7.87. The van der Waals surface area contributed by atoms with Gasteiger partial charge in [-0.25, -0.2) is 11.4 Å². The van der Waals surface area contributed by atoms with Gasteiger partial charge < -0.3 is 21.7 Å². The second-order valence-corrected chi connectivity index (χ2v) is 12.5. The minimum atomic E-state index is -0.404. The lowest BCUT2D eigenvalue weighted by molar-refractivity contribution is -0.131. The largest absolute Gasteiger partial charge is 0.385 e. The van der Waals surface area contributed by atoms with Gasteiger partial charge in [0.2, 0.25) is 5.91 Å². The smallest absolute Gasteiger partial charge is 0.258 e. The second kappa shape index (κ2) is 11.8. The number of nitrogens with zero attached hydrogens (tertiary/aromatic N) is 3. The SMILES string of the molecule is Cc1sc(C(N)=O)cc1CCc1ccsc1C(C[C@@H](C)NCC(=O)N1C2C(C)C2C[C@H]1C#N)/C(N)=N/NN. The third-order valence-corrected chi connectivity index (χ3v) is 10.0. The maximum atomic E-state index is 13.0. The van der Waals surface area contributed by atoms with E-state index in [1.807, 2.05) is 25.3 Å². The van der Waals surface area contributed by atoms with Crippen molar-refractivity contribution in [2.75, 3.05) is 6.54 Å². The predicted octanol–water partition coefficient (Wildman–Crippen LogP) is 1.95. The first-order chi connectivity index (χ1) is 18.2. The summed E-state index contributed by atoms with van der Waals surface area (Å²) in [5.41, 5.74) is 16.4. The number of carbonyl (C=O) groups is 2. The highest BCUT2D eigenvalue weighted by molar-refractivity contribution is 7.14. The zero-order chi connectivity index (χ0) is 27.6. The number of aryl methyl sites for hydroxylation is 3. The monoisotopic (exact) mass is 556 g/mol. The van der Waals surface area contributed by atoms with Gasteiger partial charge in [0.05, 0.1) is 23.4 Å². The average molecular weight is 557 g/mol. The van der Waals surface area contributed by atoms with Gasteiger partial charge in [-0.05, 0) is 80.0 Å². The van der Waals surface area contributed by atoms with Gasteiger partial charge in [0.1, 0.15) is 11.9 Å². The molecule has 3 heterocycles. The summed E-state index contributed by atoms with van der Waals surface area (Å²) in [6.07, 6.45) is 2.95. The number of carbonyl (C=O) groups excluding carboxylic acids is 2. The average Bonchev–Trinajstić information content (AvgIpc) is 3.32. The molecule has 38 heavy (non-hydrogen) atoms. The zero-order valence-electron chi connectivity index (χ0n) is 21.9. The second-order valence-electron chi connectivity index (χ2n) is 10.3. The van der Waals surface area contributed by atoms with Crippen LogP contribution in [0.1, 0.15) is 63.2 Å². The molecule has 12 heteroatoms. The molecule has 4 unspecified atom stereocenters. The van der Waals surface area contributed by atoms with Crippen LogP contribution in [0.25, 0.3) is 0 Å². The standard InChI is InChI=1S/C26H36N8O2S2/c1-13(31-12-22(35)34-18(11-27)10-19-14(2)23(19)34)8-20(25(28)32-33-30)24-16(6-7-37-24)4-5-17-9-21(26(29)36)38-15(17)3/h6-7,9,13-14,18-20,23,31,33H,4-5,8,10,12,30H2,1-3H3,(H2,28,32)(H2,29,36)/t13-,14?,18+,19?,20?,23?/m1/s1. The summed E-state index contributed by atoms with van der Waals surface area (Å²) in [4.78, 5) is 29.1. The summed E-state index contributed by atoms with van der Waals surface area (Å²) >= 11 is 3.04. The molecule has 1 aliphatic carbocycles. The van der Waals surface area contributed by atoms with E-state index in [0.717, 1.165) is 40.1 Å². The number of amidine groups is 1. The molecule has 2 fully saturated rings. The molecule has 2 amide bonds. The van der Waals surface area contributed by atoms with Gasteiger partial charge >= 0.3 is 0 Å². The number of nitrogens with two attached hydrogens (primary N) is 3. The van der Waals surface area contributed by atoms with E-state index < -0.39 is 5.91 Å². The quantitative estimate of drug-likeness (QED) is 0.115. The first kappa shape index (κ1) is 28.0. The van der Waals surface area contributed by atoms with Crippen LogP contribution in [0.5, 0.6) is 0 Å². The van der Waals surface area contributed by atoms with Gasteiger partial charge in [-0.1, -0.05) is 6.92 Å². The van der Waals surface area contributed by atoms with E-state index in [4.69, 9.17) is 17.3 Å². The van der Waals surface area contributed by atoms with Crippen LogP contribution >= 0.6 is 22.7 Å². The Bertz CT molecular complexity index is 1250. The Balaban J connectivity index is 1.41. The van der Waals surface area contributed by atoms with Gasteiger partial charge in [-0.3, -0.25) is 9.59 Å². The molecule has 10 nitrogen and oxygen atoms in total. The Kier molecular flexibility index (Phi) is 8.72. The fourth-order valence-corrected chi connectivity index (χ4v) is 7.70. The lowest BCUT2D eigenvalue weighted by Crippen LogP contribution is -2.45. The number of rotatable bonds is 12. The number of hydrazine groups is 1. The lowest BCUT2D eigenvalue weighted by Gasteiger charge is -2.26. The van der Waals surface area contributed by atoms with E-state index in [-0.39, 0.29) is 36.5 Å². The molecule has 2 aliphatic rings. The fraction of sp³-hybridized carbons (Fsp3) is 0.538. The number of hydrazone groups is 1. The number of primary amides is 1. The number of likely N-dealkylation sites (tertiary alicyclic amines) is 1. The Morgan fingerprint density at radius 1 is 1.32 bits per heavy atom. The Morgan fingerprint density at radius 3 is 2.71 bits per heavy atom. The van der Waals surface area contributed by atoms with Crippen molar-refractivity contribution in [1.29, 1.82) is 5.26 Å². The number of piperidine rings is 1. The predicted molar refractivity (Wildman–Crippen MR) is 150 cm³/mol. The minimum absolute atomic E-state index is 0.0275. The number of fused-ring (bicyclic) bond motifs is 1. The maximum absolute atomic E-state index is 13.0. The molecule has 1 saturated heterocycles. The molecule has 1 aliphatic heterocycles. The Morgan fingerprint density at radius 2 is 2.05 bits per heavy atom. The van der Waals surface area contributed by atoms with Crippen molar-refractivity contribution in [2.45, 2.75) is 70.5 Å². The third kappa shape index (κ3) is 5.86. The Hall–Kier alpha value is -2.98. The van der Waals surface area contributed by atoms with E-state index in [9.17, 15) is 14.9 Å². The van der Waals surface area contributed by atoms with Gasteiger partial charge in [-0.2, -0.15) is 10.4 Å². The van der Waals surface area contributed by atoms with Crippen LogP contribution in [0.2, 0.25) is 0 Å². The summed E-state index contributed by atoms with van der Waals surface area (Å²) in [5.74, 6) is 6.12. The van der Waals surface area contributed by atoms with E-state index in [2.05, 4.69) is 35.0 Å². The molecule has 4 rings (SSSR count). The molecule has 6 atom stereocenters. The van der Waals surface area contributed by atoms with Crippen LogP contribution in [0.3, 0.4) is 0 Å². The van der Waals surface area contributed by atoms with Gasteiger partial charge in [-0.15, -0.1) is 22.7 Å². The van der Waals surface area contributed by atoms with Crippen molar-refractivity contribution in [1.82, 2.24) is 15.8 Å². The van der Waals surface area contributed by atoms with Gasteiger partial charge in [0.15, 0.2) is 0 Å². The van der Waals surface area contributed by atoms with Crippen molar-refractivity contribution in [3.05, 3.63) is 43.3 Å². The van der Waals surface area contributed by atoms with Gasteiger partial charge in [0.25, 0.3) is 5.91 Å². The van der Waals surface area contributed by atoms with Crippen molar-refractivity contribution < 1.29 is 9.59 Å². The molecule has 1 saturated carbocycles. The highest BCUT2D eigenvalue weighted by Crippen LogP contribution is 2.52. The van der Waals surface area contributed by atoms with E-state index in [1.54, 1.807) is 16.2 Å². The number of nitrogens with one attached hydrogen (secondary N) is 2. The molecule has 204 valence electrons. The molecule has 0 aromatic carbocycles. The highest BCUT2D eigenvalue weighted by Gasteiger charge is 2.59. The number of nitriles is 1. The molecular formula is C26H36N8O2S2. The van der Waals surface area contributed by atoms with E-state index >= 15 is 0 Å². The number of thiophene rings is 2. The summed E-state index contributed by atoms with van der Waals surface area (Å²) in [6.45, 7) is 6.34. The first-order valence-corrected chi connectivity index (χ1v) is 14.5.